The first-order valence-corrected chi connectivity index (χ1v) is 31.6. The molecule has 516 valence electrons. The molecular weight excluding hydrogens is 1180 g/mol. The summed E-state index contributed by atoms with van der Waals surface area (Å²) in [4.78, 5) is 0. The van der Waals surface area contributed by atoms with Gasteiger partial charge in [0.15, 0.2) is 31.5 Å². The van der Waals surface area contributed by atoms with E-state index in [1.54, 1.807) is 0 Å². The highest BCUT2D eigenvalue weighted by Gasteiger charge is 2.70. The summed E-state index contributed by atoms with van der Waals surface area (Å²) in [6.45, 7) is 12.6. The molecule has 5 aliphatic heterocycles. The van der Waals surface area contributed by atoms with Crippen molar-refractivity contribution in [3.63, 3.8) is 0 Å². The Kier molecular flexibility index (Phi) is 22.3. The number of hydrogen-bond donors (Lipinski definition) is 19. The maximum Gasteiger partial charge on any atom is 0.187 e. The third-order valence-corrected chi connectivity index (χ3v) is 22.9. The molecule has 0 aromatic carbocycles. The highest BCUT2D eigenvalue weighted by atomic mass is 16.8. The smallest absolute Gasteiger partial charge is 0.187 e. The largest absolute Gasteiger partial charge is 0.394 e. The average molecular weight is 1290 g/mol. The molecule has 5 heterocycles. The monoisotopic (exact) mass is 1290 g/mol. The van der Waals surface area contributed by atoms with Crippen molar-refractivity contribution in [2.24, 2.45) is 45.3 Å². The molecule has 0 radical (unpaired) electrons. The number of rotatable bonds is 20. The van der Waals surface area contributed by atoms with Crippen molar-refractivity contribution in [2.75, 3.05) is 33.0 Å². The van der Waals surface area contributed by atoms with Crippen LogP contribution < -0.4 is 0 Å². The normalized spacial score (nSPS) is 51.8. The van der Waals surface area contributed by atoms with E-state index in [-0.39, 0.29) is 35.5 Å². The topological polar surface area (TPSA) is 477 Å². The molecule has 0 aromatic heterocycles. The minimum absolute atomic E-state index is 0.0310. The highest BCUT2D eigenvalue weighted by molar-refractivity contribution is 5.32. The average Bonchev–Trinajstić information content (AvgIpc) is 1.66. The molecule has 89 heavy (non-hydrogen) atoms. The fourth-order valence-electron chi connectivity index (χ4n) is 17.0. The van der Waals surface area contributed by atoms with Gasteiger partial charge < -0.3 is 144 Å². The number of aliphatic hydroxyl groups excluding tert-OH is 18. The molecule has 8 fully saturated rings. The van der Waals surface area contributed by atoms with Gasteiger partial charge in [-0.3, -0.25) is 0 Å². The summed E-state index contributed by atoms with van der Waals surface area (Å²) < 4.78 is 59.3. The fourth-order valence-corrected chi connectivity index (χ4v) is 17.0. The minimum atomic E-state index is -1.96. The number of ether oxygens (including phenoxy) is 10. The standard InChI is InChI=1S/C60H102O29/c1-23(9-13-35(57(4,5)79)88-55-50(89-54-49(78)43(72)38(67)29(20-63)84-54)45(74)40(69)31(86-55)22-81-52-47(76)42(71)37(66)28(19-62)83-52)24-15-16-58(6)32-12-10-25-26(60(32,8)33(64)17-59(24,58)7)11-14-34(56(25,2)3)87-53-48(77)44(73)39(68)30(85-53)21-80-51-46(75)41(70)36(65)27(18-61)82-51/h10,23-24,26-55,61-79H,9,11-22H2,1-8H3/t23-,24-,26-,27-,28-,29+,30-,31-,32+,33-,34+,35?,36-,37-,38+,39-,40-,41+,42+,43-,44+,45+,46-,47-,48-,49+,50-,51-,52-,53+,54-,55+,58+,59-,60+/m1/s1. The van der Waals surface area contributed by atoms with Gasteiger partial charge in [0.2, 0.25) is 0 Å². The van der Waals surface area contributed by atoms with Crippen LogP contribution in [0.1, 0.15) is 107 Å². The summed E-state index contributed by atoms with van der Waals surface area (Å²) >= 11 is 0. The molecule has 19 N–H and O–H groups in total. The third-order valence-electron chi connectivity index (χ3n) is 22.9. The molecule has 0 aromatic rings. The molecule has 9 aliphatic rings. The molecule has 5 saturated heterocycles. The van der Waals surface area contributed by atoms with Crippen LogP contribution in [0.4, 0.5) is 0 Å². The Morgan fingerprint density at radius 1 is 0.517 bits per heavy atom. The van der Waals surface area contributed by atoms with Gasteiger partial charge in [0.25, 0.3) is 0 Å². The Labute approximate surface area is 517 Å². The van der Waals surface area contributed by atoms with E-state index in [2.05, 4.69) is 33.8 Å². The van der Waals surface area contributed by atoms with Crippen LogP contribution in [0.25, 0.3) is 0 Å². The predicted octanol–water partition coefficient (Wildman–Crippen LogP) is -5.41. The van der Waals surface area contributed by atoms with Gasteiger partial charge in [0.1, 0.15) is 122 Å². The van der Waals surface area contributed by atoms with Gasteiger partial charge in [0, 0.05) is 10.8 Å². The number of aliphatic hydroxyl groups is 19. The first-order valence-electron chi connectivity index (χ1n) is 31.6. The summed E-state index contributed by atoms with van der Waals surface area (Å²) in [7, 11) is 0. The van der Waals surface area contributed by atoms with Crippen molar-refractivity contribution in [3.05, 3.63) is 11.6 Å². The SMILES string of the molecule is C[C@H](CCC(O[C@@H]1O[C@H](CO[C@@H]2O[C@H](CO)[C@@H](O)[C@H](O)[C@H]2O)[C@@H](O)[C@H](O)[C@H]1O[C@H]1O[C@@H](CO)[C@H](O)[C@@H](O)[C@@H]1O)C(C)(C)O)[C@H]1CC[C@@]2(C)[C@@H]3CC=C4[C@@H](CC[C@H](O[C@@H]5O[C@H](CO[C@@H]6O[C@H](CO)[C@@H](O)[C@H](O)[C@H]6O)[C@@H](O)[C@H](O)[C@H]5O)C4(C)C)[C@]3(C)[C@H](O)C[C@]12C. The van der Waals surface area contributed by atoms with E-state index in [9.17, 15) is 97.0 Å². The Morgan fingerprint density at radius 2 is 0.955 bits per heavy atom. The highest BCUT2D eigenvalue weighted by Crippen LogP contribution is 2.75. The summed E-state index contributed by atoms with van der Waals surface area (Å²) in [5.41, 5.74) is -2.49. The van der Waals surface area contributed by atoms with Crippen LogP contribution in [-0.4, -0.2) is 308 Å². The van der Waals surface area contributed by atoms with Crippen LogP contribution in [0, 0.1) is 45.3 Å². The zero-order valence-electron chi connectivity index (χ0n) is 51.8. The quantitative estimate of drug-likeness (QED) is 0.0506. The van der Waals surface area contributed by atoms with Crippen LogP contribution >= 0.6 is 0 Å². The molecule has 35 atom stereocenters. The molecule has 1 unspecified atom stereocenters. The van der Waals surface area contributed by atoms with Gasteiger partial charge in [0.05, 0.1) is 56.9 Å². The zero-order chi connectivity index (χ0) is 65.5. The lowest BCUT2D eigenvalue weighted by atomic mass is 9.38. The van der Waals surface area contributed by atoms with Gasteiger partial charge in [-0.05, 0) is 99.7 Å². The van der Waals surface area contributed by atoms with E-state index in [0.29, 0.717) is 32.1 Å². The van der Waals surface area contributed by atoms with Crippen molar-refractivity contribution in [1.82, 2.24) is 0 Å². The van der Waals surface area contributed by atoms with Crippen molar-refractivity contribution < 1.29 is 144 Å². The minimum Gasteiger partial charge on any atom is -0.394 e. The van der Waals surface area contributed by atoms with Crippen LogP contribution in [0.2, 0.25) is 0 Å². The molecule has 9 rings (SSSR count). The summed E-state index contributed by atoms with van der Waals surface area (Å²) in [6.07, 6.45) is -37.4. The van der Waals surface area contributed by atoms with Gasteiger partial charge >= 0.3 is 0 Å². The first kappa shape index (κ1) is 71.9. The van der Waals surface area contributed by atoms with Gasteiger partial charge in [-0.15, -0.1) is 0 Å². The second-order valence-corrected chi connectivity index (χ2v) is 28.7. The maximum atomic E-state index is 12.8. The Hall–Kier alpha value is -1.42. The Bertz CT molecular complexity index is 2340. The van der Waals surface area contributed by atoms with E-state index in [1.807, 2.05) is 13.8 Å². The molecule has 3 saturated carbocycles. The summed E-state index contributed by atoms with van der Waals surface area (Å²) in [5.74, 6) is -0.0172. The molecule has 4 aliphatic carbocycles. The first-order chi connectivity index (χ1) is 41.6. The summed E-state index contributed by atoms with van der Waals surface area (Å²) in [6, 6.07) is 0. The number of allylic oxidation sites excluding steroid dienone is 1. The Balaban J connectivity index is 0.883. The van der Waals surface area contributed by atoms with Crippen molar-refractivity contribution in [2.45, 2.75) is 284 Å². The van der Waals surface area contributed by atoms with Crippen LogP contribution in [-0.2, 0) is 47.4 Å². The molecule has 29 nitrogen and oxygen atoms in total. The van der Waals surface area contributed by atoms with Crippen LogP contribution in [0.3, 0.4) is 0 Å². The molecule has 29 heteroatoms. The molecule has 0 bridgehead atoms. The number of fused-ring (bicyclic) bond motifs is 5. The van der Waals surface area contributed by atoms with E-state index >= 15 is 0 Å². The van der Waals surface area contributed by atoms with E-state index < -0.39 is 227 Å². The van der Waals surface area contributed by atoms with E-state index in [1.165, 1.54) is 13.8 Å². The fraction of sp³-hybridized carbons (Fsp3) is 0.967. The Morgan fingerprint density at radius 3 is 1.45 bits per heavy atom. The zero-order valence-corrected chi connectivity index (χ0v) is 51.8. The van der Waals surface area contributed by atoms with Crippen LogP contribution in [0.15, 0.2) is 11.6 Å². The van der Waals surface area contributed by atoms with E-state index in [4.69, 9.17) is 47.4 Å². The summed E-state index contributed by atoms with van der Waals surface area (Å²) in [5, 5.41) is 205. The number of hydrogen-bond acceptors (Lipinski definition) is 29. The van der Waals surface area contributed by atoms with Crippen molar-refractivity contribution in [1.29, 1.82) is 0 Å². The third kappa shape index (κ3) is 13.1. The maximum absolute atomic E-state index is 12.8. The molecule has 0 amide bonds. The lowest BCUT2D eigenvalue weighted by Crippen LogP contribution is -2.65. The van der Waals surface area contributed by atoms with Gasteiger partial charge in [-0.1, -0.05) is 53.2 Å². The predicted molar refractivity (Wildman–Crippen MR) is 300 cm³/mol. The van der Waals surface area contributed by atoms with Crippen molar-refractivity contribution >= 4 is 0 Å². The van der Waals surface area contributed by atoms with Crippen LogP contribution in [0.5, 0.6) is 0 Å². The van der Waals surface area contributed by atoms with Crippen molar-refractivity contribution in [3.8, 4) is 0 Å². The molecular formula is C60H102O29. The second-order valence-electron chi connectivity index (χ2n) is 28.7. The lowest BCUT2D eigenvalue weighted by molar-refractivity contribution is -0.380. The van der Waals surface area contributed by atoms with Gasteiger partial charge in [-0.2, -0.15) is 0 Å². The van der Waals surface area contributed by atoms with E-state index in [0.717, 1.165) is 18.4 Å². The van der Waals surface area contributed by atoms with Gasteiger partial charge in [-0.25, -0.2) is 0 Å². The molecule has 0 spiro atoms. The lowest BCUT2D eigenvalue weighted by Gasteiger charge is -2.67. The second kappa shape index (κ2) is 27.6.